The van der Waals surface area contributed by atoms with Crippen molar-refractivity contribution in [2.75, 3.05) is 11.1 Å². The van der Waals surface area contributed by atoms with E-state index in [9.17, 15) is 4.79 Å². The van der Waals surface area contributed by atoms with Crippen LogP contribution in [-0.4, -0.2) is 4.98 Å². The first-order valence-corrected chi connectivity index (χ1v) is 5.97. The van der Waals surface area contributed by atoms with E-state index in [1.807, 2.05) is 48.5 Å². The third-order valence-electron chi connectivity index (χ3n) is 2.92. The Morgan fingerprint density at radius 1 is 1.00 bits per heavy atom. The second kappa shape index (κ2) is 4.49. The zero-order chi connectivity index (χ0) is 13.2. The Bertz CT molecular complexity index is 792. The molecule has 2 aromatic carbocycles. The van der Waals surface area contributed by atoms with Crippen molar-refractivity contribution in [1.82, 2.24) is 4.98 Å². The number of benzene rings is 2. The summed E-state index contributed by atoms with van der Waals surface area (Å²) in [5, 5.41) is 4.72. The maximum atomic E-state index is 11.9. The fourth-order valence-corrected chi connectivity index (χ4v) is 2.05. The summed E-state index contributed by atoms with van der Waals surface area (Å²) in [6, 6.07) is 16.8. The van der Waals surface area contributed by atoms with Gasteiger partial charge in [0.05, 0.1) is 0 Å². The van der Waals surface area contributed by atoms with Gasteiger partial charge in [0.25, 0.3) is 5.56 Å². The predicted molar refractivity (Wildman–Crippen MR) is 78.7 cm³/mol. The van der Waals surface area contributed by atoms with Crippen LogP contribution in [0.5, 0.6) is 0 Å². The summed E-state index contributed by atoms with van der Waals surface area (Å²) in [5.41, 5.74) is 7.13. The van der Waals surface area contributed by atoms with Crippen molar-refractivity contribution in [2.24, 2.45) is 0 Å². The summed E-state index contributed by atoms with van der Waals surface area (Å²) in [7, 11) is 0. The lowest BCUT2D eigenvalue weighted by Gasteiger charge is -2.08. The highest BCUT2D eigenvalue weighted by Crippen LogP contribution is 2.19. The van der Waals surface area contributed by atoms with E-state index < -0.39 is 0 Å². The molecule has 0 atom stereocenters. The van der Waals surface area contributed by atoms with Crippen molar-refractivity contribution in [1.29, 1.82) is 0 Å². The minimum Gasteiger partial charge on any atom is -0.399 e. The van der Waals surface area contributed by atoms with E-state index in [1.165, 1.54) is 0 Å². The molecule has 4 N–H and O–H groups in total. The molecule has 0 aliphatic carbocycles. The Kier molecular flexibility index (Phi) is 2.68. The molecule has 0 radical (unpaired) electrons. The first-order valence-electron chi connectivity index (χ1n) is 5.97. The molecule has 0 bridgehead atoms. The van der Waals surface area contributed by atoms with Crippen LogP contribution in [0.3, 0.4) is 0 Å². The van der Waals surface area contributed by atoms with E-state index in [0.29, 0.717) is 16.9 Å². The number of aromatic nitrogens is 1. The number of nitrogens with one attached hydrogen (secondary N) is 2. The maximum absolute atomic E-state index is 11.9. The lowest BCUT2D eigenvalue weighted by molar-refractivity contribution is 1.26. The molecule has 1 heterocycles. The highest BCUT2D eigenvalue weighted by molar-refractivity contribution is 5.84. The van der Waals surface area contributed by atoms with E-state index in [-0.39, 0.29) is 5.56 Å². The van der Waals surface area contributed by atoms with Crippen molar-refractivity contribution in [3.63, 3.8) is 0 Å². The number of hydrogen-bond donors (Lipinski definition) is 3. The van der Waals surface area contributed by atoms with Gasteiger partial charge in [-0.05, 0) is 35.7 Å². The molecule has 0 saturated heterocycles. The van der Waals surface area contributed by atoms with Crippen LogP contribution in [0.25, 0.3) is 10.8 Å². The van der Waals surface area contributed by atoms with Gasteiger partial charge < -0.3 is 16.0 Å². The third-order valence-corrected chi connectivity index (χ3v) is 2.92. The van der Waals surface area contributed by atoms with Gasteiger partial charge in [-0.15, -0.1) is 0 Å². The van der Waals surface area contributed by atoms with Crippen LogP contribution >= 0.6 is 0 Å². The number of pyridine rings is 1. The topological polar surface area (TPSA) is 70.9 Å². The number of hydrogen-bond acceptors (Lipinski definition) is 3. The summed E-state index contributed by atoms with van der Waals surface area (Å²) in [4.78, 5) is 14.7. The van der Waals surface area contributed by atoms with Crippen LogP contribution in [0.2, 0.25) is 0 Å². The molecule has 0 saturated carbocycles. The van der Waals surface area contributed by atoms with E-state index >= 15 is 0 Å². The Hall–Kier alpha value is -2.75. The van der Waals surface area contributed by atoms with Crippen molar-refractivity contribution in [3.8, 4) is 0 Å². The molecular weight excluding hydrogens is 238 g/mol. The standard InChI is InChI=1S/C15H13N3O/c16-11-5-3-6-12(9-11)17-14-8-10-4-1-2-7-13(10)15(19)18-14/h1-9H,16H2,(H2,17,18,19). The molecule has 94 valence electrons. The predicted octanol–water partition coefficient (Wildman–Crippen LogP) is 2.85. The van der Waals surface area contributed by atoms with Gasteiger partial charge >= 0.3 is 0 Å². The van der Waals surface area contributed by atoms with Gasteiger partial charge in [-0.2, -0.15) is 0 Å². The molecule has 0 amide bonds. The molecule has 19 heavy (non-hydrogen) atoms. The van der Waals surface area contributed by atoms with Crippen molar-refractivity contribution >= 4 is 28.0 Å². The number of H-pyrrole nitrogens is 1. The summed E-state index contributed by atoms with van der Waals surface area (Å²) in [6.45, 7) is 0. The first kappa shape index (κ1) is 11.3. The molecule has 0 fully saturated rings. The van der Waals surface area contributed by atoms with Crippen molar-refractivity contribution in [3.05, 3.63) is 65.0 Å². The van der Waals surface area contributed by atoms with Gasteiger partial charge in [0, 0.05) is 16.8 Å². The van der Waals surface area contributed by atoms with Crippen LogP contribution in [0.1, 0.15) is 0 Å². The lowest BCUT2D eigenvalue weighted by atomic mass is 10.2. The normalized spacial score (nSPS) is 10.5. The minimum absolute atomic E-state index is 0.107. The summed E-state index contributed by atoms with van der Waals surface area (Å²) in [6.07, 6.45) is 0. The monoisotopic (exact) mass is 251 g/mol. The van der Waals surface area contributed by atoms with E-state index in [4.69, 9.17) is 5.73 Å². The minimum atomic E-state index is -0.107. The molecular formula is C15H13N3O. The number of anilines is 3. The van der Waals surface area contributed by atoms with Crippen LogP contribution in [0.4, 0.5) is 17.2 Å². The zero-order valence-corrected chi connectivity index (χ0v) is 10.2. The summed E-state index contributed by atoms with van der Waals surface area (Å²) >= 11 is 0. The molecule has 0 aliphatic rings. The van der Waals surface area contributed by atoms with E-state index in [2.05, 4.69) is 10.3 Å². The van der Waals surface area contributed by atoms with Gasteiger partial charge in [0.15, 0.2) is 0 Å². The van der Waals surface area contributed by atoms with Gasteiger partial charge in [-0.25, -0.2) is 0 Å². The number of aromatic amines is 1. The Balaban J connectivity index is 2.04. The third kappa shape index (κ3) is 2.28. The van der Waals surface area contributed by atoms with Crippen LogP contribution < -0.4 is 16.6 Å². The fraction of sp³-hybridized carbons (Fsp3) is 0. The molecule has 0 aliphatic heterocycles. The highest BCUT2D eigenvalue weighted by Gasteiger charge is 2.01. The molecule has 3 aromatic rings. The quantitative estimate of drug-likeness (QED) is 0.613. The number of nitrogens with two attached hydrogens (primary N) is 1. The van der Waals surface area contributed by atoms with Gasteiger partial charge in [-0.1, -0.05) is 24.3 Å². The Labute approximate surface area is 109 Å². The van der Waals surface area contributed by atoms with Crippen LogP contribution in [-0.2, 0) is 0 Å². The number of rotatable bonds is 2. The number of nitrogen functional groups attached to an aromatic ring is 1. The Morgan fingerprint density at radius 3 is 2.68 bits per heavy atom. The fourth-order valence-electron chi connectivity index (χ4n) is 2.05. The summed E-state index contributed by atoms with van der Waals surface area (Å²) < 4.78 is 0. The second-order valence-electron chi connectivity index (χ2n) is 4.35. The average Bonchev–Trinajstić information content (AvgIpc) is 2.39. The van der Waals surface area contributed by atoms with E-state index in [0.717, 1.165) is 11.1 Å². The van der Waals surface area contributed by atoms with E-state index in [1.54, 1.807) is 6.07 Å². The molecule has 0 spiro atoms. The largest absolute Gasteiger partial charge is 0.399 e. The molecule has 1 aromatic heterocycles. The highest BCUT2D eigenvalue weighted by atomic mass is 16.1. The SMILES string of the molecule is Nc1cccc(Nc2cc3ccccc3c(=O)[nH]2)c1. The molecule has 4 heteroatoms. The lowest BCUT2D eigenvalue weighted by Crippen LogP contribution is -2.08. The molecule has 0 unspecified atom stereocenters. The maximum Gasteiger partial charge on any atom is 0.257 e. The smallest absolute Gasteiger partial charge is 0.257 e. The molecule has 4 nitrogen and oxygen atoms in total. The summed E-state index contributed by atoms with van der Waals surface area (Å²) in [5.74, 6) is 0.648. The molecule has 3 rings (SSSR count). The van der Waals surface area contributed by atoms with Crippen molar-refractivity contribution in [2.45, 2.75) is 0 Å². The Morgan fingerprint density at radius 2 is 1.84 bits per heavy atom. The number of fused-ring (bicyclic) bond motifs is 1. The van der Waals surface area contributed by atoms with Gasteiger partial charge in [-0.3, -0.25) is 4.79 Å². The second-order valence-corrected chi connectivity index (χ2v) is 4.35. The van der Waals surface area contributed by atoms with Crippen molar-refractivity contribution < 1.29 is 0 Å². The van der Waals surface area contributed by atoms with Crippen LogP contribution in [0, 0.1) is 0 Å². The first-order chi connectivity index (χ1) is 9.22. The average molecular weight is 251 g/mol. The van der Waals surface area contributed by atoms with Gasteiger partial charge in [0.2, 0.25) is 0 Å². The zero-order valence-electron chi connectivity index (χ0n) is 10.2. The van der Waals surface area contributed by atoms with Gasteiger partial charge in [0.1, 0.15) is 5.82 Å². The van der Waals surface area contributed by atoms with Crippen LogP contribution in [0.15, 0.2) is 59.4 Å².